The summed E-state index contributed by atoms with van der Waals surface area (Å²) >= 11 is 0. The van der Waals surface area contributed by atoms with Crippen LogP contribution in [0.25, 0.3) is 0 Å². The fourth-order valence-electron chi connectivity index (χ4n) is 2.17. The van der Waals surface area contributed by atoms with Gasteiger partial charge >= 0.3 is 0 Å². The van der Waals surface area contributed by atoms with E-state index in [4.69, 9.17) is 5.73 Å². The molecule has 19 heavy (non-hydrogen) atoms. The van der Waals surface area contributed by atoms with Crippen molar-refractivity contribution in [3.05, 3.63) is 29.8 Å². The summed E-state index contributed by atoms with van der Waals surface area (Å²) in [5, 5.41) is 0. The molecule has 1 saturated carbocycles. The van der Waals surface area contributed by atoms with Gasteiger partial charge in [0.05, 0.1) is 5.75 Å². The van der Waals surface area contributed by atoms with Crippen LogP contribution >= 0.6 is 0 Å². The monoisotopic (exact) mass is 282 g/mol. The van der Waals surface area contributed by atoms with Gasteiger partial charge < -0.3 is 5.73 Å². The maximum absolute atomic E-state index is 12.5. The molecule has 106 valence electrons. The number of nitrogens with zero attached hydrogens (tertiary/aromatic N) is 1. The van der Waals surface area contributed by atoms with Gasteiger partial charge in [-0.3, -0.25) is 0 Å². The minimum Gasteiger partial charge on any atom is -0.398 e. The molecular weight excluding hydrogens is 260 g/mol. The van der Waals surface area contributed by atoms with Crippen molar-refractivity contribution >= 4 is 15.7 Å². The molecule has 2 rings (SSSR count). The Morgan fingerprint density at radius 1 is 1.32 bits per heavy atom. The number of nitrogen functional groups attached to an aromatic ring is 1. The van der Waals surface area contributed by atoms with Crippen LogP contribution in [0.4, 0.5) is 5.69 Å². The van der Waals surface area contributed by atoms with E-state index in [2.05, 4.69) is 6.92 Å². The predicted octanol–water partition coefficient (Wildman–Crippen LogP) is 2.36. The van der Waals surface area contributed by atoms with Gasteiger partial charge in [0, 0.05) is 18.3 Å². The van der Waals surface area contributed by atoms with Crippen LogP contribution in [0.15, 0.2) is 24.3 Å². The van der Waals surface area contributed by atoms with Crippen molar-refractivity contribution in [2.45, 2.75) is 44.4 Å². The standard InChI is InChI=1S/C14H22N2O2S/c1-2-3-10-16(13-8-9-13)19(17,18)11-12-6-4-5-7-14(12)15/h4-7,13H,2-3,8-11,15H2,1H3. The lowest BCUT2D eigenvalue weighted by Crippen LogP contribution is -2.35. The molecule has 0 saturated heterocycles. The minimum absolute atomic E-state index is 0.0138. The van der Waals surface area contributed by atoms with Gasteiger partial charge in [0.2, 0.25) is 10.0 Å². The lowest BCUT2D eigenvalue weighted by atomic mass is 10.2. The lowest BCUT2D eigenvalue weighted by molar-refractivity contribution is 0.395. The number of para-hydroxylation sites is 1. The van der Waals surface area contributed by atoms with E-state index < -0.39 is 10.0 Å². The van der Waals surface area contributed by atoms with E-state index in [1.807, 2.05) is 12.1 Å². The third-order valence-electron chi connectivity index (χ3n) is 3.44. The van der Waals surface area contributed by atoms with Gasteiger partial charge in [-0.15, -0.1) is 0 Å². The second-order valence-corrected chi connectivity index (χ2v) is 7.07. The average Bonchev–Trinajstić information content (AvgIpc) is 3.16. The molecule has 4 nitrogen and oxygen atoms in total. The van der Waals surface area contributed by atoms with Gasteiger partial charge in [-0.05, 0) is 30.9 Å². The summed E-state index contributed by atoms with van der Waals surface area (Å²) in [6.07, 6.45) is 3.91. The molecule has 0 aliphatic heterocycles. The molecular formula is C14H22N2O2S. The zero-order valence-electron chi connectivity index (χ0n) is 11.4. The average molecular weight is 282 g/mol. The van der Waals surface area contributed by atoms with Crippen molar-refractivity contribution in [3.8, 4) is 0 Å². The molecule has 0 unspecified atom stereocenters. The van der Waals surface area contributed by atoms with Gasteiger partial charge in [-0.2, -0.15) is 4.31 Å². The summed E-state index contributed by atoms with van der Waals surface area (Å²) in [7, 11) is -3.25. The zero-order valence-corrected chi connectivity index (χ0v) is 12.2. The summed E-state index contributed by atoms with van der Waals surface area (Å²) in [4.78, 5) is 0. The van der Waals surface area contributed by atoms with Crippen molar-refractivity contribution in [1.82, 2.24) is 4.31 Å². The minimum atomic E-state index is -3.25. The molecule has 5 heteroatoms. The van der Waals surface area contributed by atoms with Gasteiger partial charge in [-0.1, -0.05) is 31.5 Å². The fraction of sp³-hybridized carbons (Fsp3) is 0.571. The Morgan fingerprint density at radius 3 is 2.58 bits per heavy atom. The lowest BCUT2D eigenvalue weighted by Gasteiger charge is -2.22. The Balaban J connectivity index is 2.13. The Kier molecular flexibility index (Phi) is 4.47. The number of nitrogens with two attached hydrogens (primary N) is 1. The van der Waals surface area contributed by atoms with E-state index in [0.29, 0.717) is 17.8 Å². The molecule has 0 aromatic heterocycles. The molecule has 1 aromatic rings. The van der Waals surface area contributed by atoms with Crippen molar-refractivity contribution in [3.63, 3.8) is 0 Å². The van der Waals surface area contributed by atoms with Crippen LogP contribution in [0.1, 0.15) is 38.2 Å². The molecule has 0 spiro atoms. The van der Waals surface area contributed by atoms with Gasteiger partial charge in [-0.25, -0.2) is 8.42 Å². The third kappa shape index (κ3) is 3.70. The van der Waals surface area contributed by atoms with Crippen LogP contribution in [0, 0.1) is 0 Å². The van der Waals surface area contributed by atoms with Gasteiger partial charge in [0.15, 0.2) is 0 Å². The molecule has 0 bridgehead atoms. The Morgan fingerprint density at radius 2 is 2.00 bits per heavy atom. The summed E-state index contributed by atoms with van der Waals surface area (Å²) in [5.74, 6) is 0.0138. The SMILES string of the molecule is CCCCN(C1CC1)S(=O)(=O)Cc1ccccc1N. The first kappa shape index (κ1) is 14.3. The van der Waals surface area contributed by atoms with Crippen LogP contribution in [0.2, 0.25) is 0 Å². The molecule has 2 N–H and O–H groups in total. The highest BCUT2D eigenvalue weighted by molar-refractivity contribution is 7.88. The number of anilines is 1. The second-order valence-electron chi connectivity index (χ2n) is 5.15. The van der Waals surface area contributed by atoms with Crippen molar-refractivity contribution in [1.29, 1.82) is 0 Å². The Bertz CT molecular complexity index is 524. The van der Waals surface area contributed by atoms with Crippen molar-refractivity contribution in [2.75, 3.05) is 12.3 Å². The molecule has 0 amide bonds. The number of unbranched alkanes of at least 4 members (excludes halogenated alkanes) is 1. The summed E-state index contributed by atoms with van der Waals surface area (Å²) in [6.45, 7) is 2.71. The third-order valence-corrected chi connectivity index (χ3v) is 5.31. The smallest absolute Gasteiger partial charge is 0.218 e. The molecule has 1 aromatic carbocycles. The highest BCUT2D eigenvalue weighted by atomic mass is 32.2. The summed E-state index contributed by atoms with van der Waals surface area (Å²) in [5.41, 5.74) is 7.09. The van der Waals surface area contributed by atoms with Crippen LogP contribution in [-0.4, -0.2) is 25.3 Å². The molecule has 0 heterocycles. The predicted molar refractivity (Wildman–Crippen MR) is 78.1 cm³/mol. The quantitative estimate of drug-likeness (QED) is 0.781. The second kappa shape index (κ2) is 5.92. The maximum Gasteiger partial charge on any atom is 0.218 e. The number of hydrogen-bond donors (Lipinski definition) is 1. The highest BCUT2D eigenvalue weighted by Crippen LogP contribution is 2.31. The number of benzene rings is 1. The van der Waals surface area contributed by atoms with E-state index in [1.165, 1.54) is 0 Å². The van der Waals surface area contributed by atoms with Crippen LogP contribution in [0.5, 0.6) is 0 Å². The Labute approximate surface area is 115 Å². The number of rotatable bonds is 7. The molecule has 1 aliphatic carbocycles. The van der Waals surface area contributed by atoms with E-state index in [1.54, 1.807) is 16.4 Å². The van der Waals surface area contributed by atoms with E-state index in [0.717, 1.165) is 25.7 Å². The van der Waals surface area contributed by atoms with E-state index >= 15 is 0 Å². The van der Waals surface area contributed by atoms with Crippen molar-refractivity contribution < 1.29 is 8.42 Å². The first-order valence-corrected chi connectivity index (χ1v) is 8.48. The van der Waals surface area contributed by atoms with E-state index in [9.17, 15) is 8.42 Å². The topological polar surface area (TPSA) is 63.4 Å². The fourth-order valence-corrected chi connectivity index (χ4v) is 4.06. The highest BCUT2D eigenvalue weighted by Gasteiger charge is 2.36. The number of sulfonamides is 1. The first-order chi connectivity index (χ1) is 9.04. The number of hydrogen-bond acceptors (Lipinski definition) is 3. The summed E-state index contributed by atoms with van der Waals surface area (Å²) in [6, 6.07) is 7.41. The van der Waals surface area contributed by atoms with Gasteiger partial charge in [0.1, 0.15) is 0 Å². The maximum atomic E-state index is 12.5. The van der Waals surface area contributed by atoms with Crippen molar-refractivity contribution in [2.24, 2.45) is 0 Å². The normalized spacial score (nSPS) is 15.9. The zero-order chi connectivity index (χ0) is 13.9. The van der Waals surface area contributed by atoms with Crippen LogP contribution in [-0.2, 0) is 15.8 Å². The molecule has 1 aliphatic rings. The van der Waals surface area contributed by atoms with Crippen LogP contribution in [0.3, 0.4) is 0 Å². The summed E-state index contributed by atoms with van der Waals surface area (Å²) < 4.78 is 26.7. The van der Waals surface area contributed by atoms with Crippen LogP contribution < -0.4 is 5.73 Å². The first-order valence-electron chi connectivity index (χ1n) is 6.87. The molecule has 0 radical (unpaired) electrons. The molecule has 0 atom stereocenters. The van der Waals surface area contributed by atoms with E-state index in [-0.39, 0.29) is 11.8 Å². The largest absolute Gasteiger partial charge is 0.398 e. The Hall–Kier alpha value is -1.07. The van der Waals surface area contributed by atoms with Gasteiger partial charge in [0.25, 0.3) is 0 Å². The molecule has 1 fully saturated rings.